The Morgan fingerprint density at radius 3 is 1.42 bits per heavy atom. The number of fused-ring (bicyclic) bond motifs is 1. The van der Waals surface area contributed by atoms with Crippen molar-refractivity contribution in [1.29, 1.82) is 0 Å². The first-order valence-electron chi connectivity index (χ1n) is 30.2. The molecule has 1 heterocycles. The number of aromatic nitrogens is 1. The van der Waals surface area contributed by atoms with Gasteiger partial charge in [-0.1, -0.05) is 69.2 Å². The number of carbonyl (C=O) groups is 6. The molecule has 2 aliphatic carbocycles. The maximum absolute atomic E-state index is 14.0. The monoisotopic (exact) mass is 1180 g/mol. The Labute approximate surface area is 503 Å². The van der Waals surface area contributed by atoms with Crippen molar-refractivity contribution in [2.24, 2.45) is 28.8 Å². The second-order valence-electron chi connectivity index (χ2n) is 21.4. The lowest BCUT2D eigenvalue weighted by atomic mass is 9.82. The number of esters is 6. The Bertz CT molecular complexity index is 2950. The number of rotatable bonds is 35. The highest BCUT2D eigenvalue weighted by molar-refractivity contribution is 7.22. The molecule has 0 aliphatic heterocycles. The van der Waals surface area contributed by atoms with Gasteiger partial charge in [-0.2, -0.15) is 5.10 Å². The minimum Gasteiger partial charge on any atom is -0.494 e. The van der Waals surface area contributed by atoms with Gasteiger partial charge in [0, 0.05) is 24.3 Å². The molecule has 85 heavy (non-hydrogen) atoms. The van der Waals surface area contributed by atoms with Crippen molar-refractivity contribution in [3.05, 3.63) is 122 Å². The molecule has 4 aromatic carbocycles. The van der Waals surface area contributed by atoms with E-state index >= 15 is 0 Å². The predicted molar refractivity (Wildman–Crippen MR) is 326 cm³/mol. The van der Waals surface area contributed by atoms with Crippen molar-refractivity contribution in [1.82, 2.24) is 4.98 Å². The van der Waals surface area contributed by atoms with Crippen LogP contribution in [0, 0.1) is 23.7 Å². The van der Waals surface area contributed by atoms with Gasteiger partial charge in [0.2, 0.25) is 5.13 Å². The number of anilines is 1. The van der Waals surface area contributed by atoms with Crippen molar-refractivity contribution in [3.8, 4) is 34.5 Å². The molecule has 7 rings (SSSR count). The van der Waals surface area contributed by atoms with Gasteiger partial charge in [0.05, 0.1) is 66.5 Å². The summed E-state index contributed by atoms with van der Waals surface area (Å²) >= 11 is 1.54. The van der Waals surface area contributed by atoms with Crippen LogP contribution in [-0.2, 0) is 38.2 Å². The van der Waals surface area contributed by atoms with E-state index in [0.29, 0.717) is 113 Å². The van der Waals surface area contributed by atoms with Gasteiger partial charge in [0.1, 0.15) is 34.5 Å². The lowest BCUT2D eigenvalue weighted by Gasteiger charge is -2.26. The van der Waals surface area contributed by atoms with Crippen molar-refractivity contribution < 1.29 is 66.7 Å². The molecule has 1 aromatic heterocycles. The molecule has 0 unspecified atom stereocenters. The fourth-order valence-electron chi connectivity index (χ4n) is 10.0. The number of ether oxygens (including phenoxy) is 8. The van der Waals surface area contributed by atoms with Crippen LogP contribution in [0.4, 0.5) is 5.13 Å². The Morgan fingerprint density at radius 2 is 0.941 bits per heavy atom. The number of nitrogens with zero attached hydrogens (tertiary/aromatic N) is 3. The van der Waals surface area contributed by atoms with Crippen LogP contribution in [0.5, 0.6) is 34.5 Å². The van der Waals surface area contributed by atoms with E-state index in [1.165, 1.54) is 0 Å². The summed E-state index contributed by atoms with van der Waals surface area (Å²) in [6.45, 7) is 11.4. The molecule has 2 aliphatic rings. The van der Waals surface area contributed by atoms with Crippen LogP contribution in [0.1, 0.15) is 147 Å². The Morgan fingerprint density at radius 1 is 0.518 bits per heavy atom. The molecule has 0 N–H and O–H groups in total. The molecule has 454 valence electrons. The van der Waals surface area contributed by atoms with Gasteiger partial charge >= 0.3 is 35.8 Å². The largest absolute Gasteiger partial charge is 0.494 e. The highest BCUT2D eigenvalue weighted by Gasteiger charge is 2.34. The van der Waals surface area contributed by atoms with E-state index in [-0.39, 0.29) is 35.3 Å². The number of hydrazone groups is 1. The molecule has 0 atom stereocenters. The molecular formula is C67H81N3O14S. The van der Waals surface area contributed by atoms with Gasteiger partial charge in [-0.25, -0.2) is 19.6 Å². The second kappa shape index (κ2) is 35.4. The maximum Gasteiger partial charge on any atom is 0.330 e. The molecule has 0 bridgehead atoms. The quantitative estimate of drug-likeness (QED) is 0.00924. The third kappa shape index (κ3) is 21.9. The van der Waals surface area contributed by atoms with Crippen LogP contribution in [0.3, 0.4) is 0 Å². The van der Waals surface area contributed by atoms with E-state index in [0.717, 1.165) is 111 Å². The van der Waals surface area contributed by atoms with Crippen molar-refractivity contribution in [3.63, 3.8) is 0 Å². The second-order valence-corrected chi connectivity index (χ2v) is 22.4. The molecule has 18 heteroatoms. The van der Waals surface area contributed by atoms with Crippen LogP contribution >= 0.6 is 11.3 Å². The number of hydrogen-bond acceptors (Lipinski definition) is 18. The van der Waals surface area contributed by atoms with E-state index in [1.807, 2.05) is 29.3 Å². The zero-order valence-corrected chi connectivity index (χ0v) is 49.8. The molecule has 0 spiro atoms. The lowest BCUT2D eigenvalue weighted by molar-refractivity contribution is -0.145. The van der Waals surface area contributed by atoms with Crippen LogP contribution in [0.2, 0.25) is 0 Å². The fraction of sp³-hybridized carbons (Fsp3) is 0.463. The minimum atomic E-state index is -0.464. The molecule has 5 aromatic rings. The first-order chi connectivity index (χ1) is 41.5. The highest BCUT2D eigenvalue weighted by atomic mass is 32.1. The zero-order chi connectivity index (χ0) is 60.0. The highest BCUT2D eigenvalue weighted by Crippen LogP contribution is 2.36. The number of benzene rings is 4. The minimum absolute atomic E-state index is 0.244. The standard InChI is InChI=1S/C67H81N3O14S/c1-4-7-8-9-16-41-70(67-69-58-21-14-15-22-60(58)85-67)68-47-52-46-57(83-65(75)50-25-23-48(24-26-50)63(73)81-55-35-31-53(32-36-55)77-42-17-10-12-19-44-79-61(71)5-2)39-40-59(52)84-66(76)51-29-27-49(28-30-51)64(74)82-56-37-33-54(34-38-56)78-43-18-11-13-20-45-80-62(72)6-3/h5-6,14-15,21-22,31-40,46-51H,2-4,7-13,16-20,23-30,41-45H2,1H3/b68-47+. The smallest absolute Gasteiger partial charge is 0.330 e. The van der Waals surface area contributed by atoms with Crippen LogP contribution < -0.4 is 33.4 Å². The SMILES string of the molecule is C=CC(=O)OCCCCCCOc1ccc(OC(=O)C2CCC(C(=O)Oc3ccc(OC(=O)C4CCC(C(=O)Oc5ccc(OCCCCCCOC(=O)C=C)cc5)CC4)c(/C=N/N(CCCCCCC)c4nc5ccccc5s4)c3)CC2)cc1. The summed E-state index contributed by atoms with van der Waals surface area (Å²) in [7, 11) is 0. The molecular weight excluding hydrogens is 1100 g/mol. The summed E-state index contributed by atoms with van der Waals surface area (Å²) in [6, 6.07) is 26.7. The van der Waals surface area contributed by atoms with Crippen molar-refractivity contribution in [2.45, 2.75) is 142 Å². The van der Waals surface area contributed by atoms with E-state index in [2.05, 4.69) is 20.1 Å². The summed E-state index contributed by atoms with van der Waals surface area (Å²) in [5.41, 5.74) is 1.29. The van der Waals surface area contributed by atoms with Gasteiger partial charge in [-0.05, 0) is 188 Å². The van der Waals surface area contributed by atoms with Crippen LogP contribution in [-0.4, -0.2) is 80.0 Å². The van der Waals surface area contributed by atoms with E-state index in [1.54, 1.807) is 84.3 Å². The van der Waals surface area contributed by atoms with E-state index in [4.69, 9.17) is 48.0 Å². The molecule has 0 saturated heterocycles. The summed E-state index contributed by atoms with van der Waals surface area (Å²) in [6.07, 6.45) is 19.7. The average Bonchev–Trinajstić information content (AvgIpc) is 4.18. The first-order valence-corrected chi connectivity index (χ1v) is 31.0. The summed E-state index contributed by atoms with van der Waals surface area (Å²) in [5.74, 6) is -1.39. The van der Waals surface area contributed by atoms with E-state index in [9.17, 15) is 28.8 Å². The fourth-order valence-corrected chi connectivity index (χ4v) is 11.0. The van der Waals surface area contributed by atoms with Gasteiger partial charge in [0.25, 0.3) is 0 Å². The Hall–Kier alpha value is -7.86. The Kier molecular flexibility index (Phi) is 27.0. The zero-order valence-electron chi connectivity index (χ0n) is 49.0. The Balaban J connectivity index is 0.916. The first kappa shape index (κ1) is 64.7. The van der Waals surface area contributed by atoms with Gasteiger partial charge in [0.15, 0.2) is 0 Å². The summed E-state index contributed by atoms with van der Waals surface area (Å²) in [4.78, 5) is 81.6. The molecule has 0 radical (unpaired) electrons. The number of carbonyl (C=O) groups excluding carboxylic acids is 6. The number of para-hydroxylation sites is 1. The van der Waals surface area contributed by atoms with Crippen LogP contribution in [0.15, 0.2) is 121 Å². The third-order valence-electron chi connectivity index (χ3n) is 15.0. The normalized spacial score (nSPS) is 16.6. The molecule has 2 saturated carbocycles. The molecule has 17 nitrogen and oxygen atoms in total. The summed E-state index contributed by atoms with van der Waals surface area (Å²) < 4.78 is 46.4. The number of hydrogen-bond donors (Lipinski definition) is 0. The summed E-state index contributed by atoms with van der Waals surface area (Å²) in [5, 5.41) is 7.55. The van der Waals surface area contributed by atoms with Crippen molar-refractivity contribution in [2.75, 3.05) is 38.0 Å². The van der Waals surface area contributed by atoms with Gasteiger partial charge in [-0.15, -0.1) is 0 Å². The van der Waals surface area contributed by atoms with Crippen LogP contribution in [0.25, 0.3) is 10.2 Å². The topological polar surface area (TPSA) is 205 Å². The molecule has 0 amide bonds. The van der Waals surface area contributed by atoms with E-state index < -0.39 is 35.7 Å². The molecule has 2 fully saturated rings. The lowest BCUT2D eigenvalue weighted by Crippen LogP contribution is -2.30. The number of thiazole rings is 1. The maximum atomic E-state index is 14.0. The third-order valence-corrected chi connectivity index (χ3v) is 16.1. The average molecular weight is 1180 g/mol. The van der Waals surface area contributed by atoms with Gasteiger partial charge < -0.3 is 37.9 Å². The predicted octanol–water partition coefficient (Wildman–Crippen LogP) is 14.1. The van der Waals surface area contributed by atoms with Gasteiger partial charge in [-0.3, -0.25) is 19.2 Å². The van der Waals surface area contributed by atoms with Crippen molar-refractivity contribution >= 4 is 68.7 Å². The number of unbranched alkanes of at least 4 members (excludes halogenated alkanes) is 10.